The summed E-state index contributed by atoms with van der Waals surface area (Å²) in [7, 11) is -3.13. The minimum Gasteiger partial charge on any atom is -0.481 e. The first-order valence-electron chi connectivity index (χ1n) is 7.45. The highest BCUT2D eigenvalue weighted by Crippen LogP contribution is 2.18. The number of nitrogens with one attached hydrogen (secondary N) is 1. The van der Waals surface area contributed by atoms with E-state index in [-0.39, 0.29) is 24.2 Å². The van der Waals surface area contributed by atoms with Gasteiger partial charge < -0.3 is 10.1 Å². The molecule has 1 fully saturated rings. The van der Waals surface area contributed by atoms with E-state index in [1.165, 1.54) is 22.7 Å². The summed E-state index contributed by atoms with van der Waals surface area (Å²) in [4.78, 5) is 11.7. The number of nitrogens with zero attached hydrogens (tertiary/aromatic N) is 1. The molecule has 1 N–H and O–H groups in total. The lowest BCUT2D eigenvalue weighted by atomic mass is 9.98. The van der Waals surface area contributed by atoms with Gasteiger partial charge in [-0.15, -0.1) is 0 Å². The zero-order valence-corrected chi connectivity index (χ0v) is 13.8. The maximum absolute atomic E-state index is 13.3. The molecule has 0 aliphatic carbocycles. The van der Waals surface area contributed by atoms with E-state index >= 15 is 0 Å². The third kappa shape index (κ3) is 5.47. The van der Waals surface area contributed by atoms with E-state index in [0.29, 0.717) is 32.5 Å². The molecule has 0 spiro atoms. The zero-order valence-electron chi connectivity index (χ0n) is 13.0. The lowest BCUT2D eigenvalue weighted by Crippen LogP contribution is -2.41. The zero-order chi connectivity index (χ0) is 16.9. The first kappa shape index (κ1) is 17.7. The summed E-state index contributed by atoms with van der Waals surface area (Å²) in [5.41, 5.74) is 0. The van der Waals surface area contributed by atoms with Crippen LogP contribution in [0.3, 0.4) is 0 Å². The van der Waals surface area contributed by atoms with Crippen molar-refractivity contribution in [2.75, 3.05) is 32.5 Å². The number of piperidine rings is 1. The Labute approximate surface area is 135 Å². The van der Waals surface area contributed by atoms with E-state index in [9.17, 15) is 17.6 Å². The Morgan fingerprint density at radius 3 is 2.61 bits per heavy atom. The number of rotatable bonds is 6. The first-order chi connectivity index (χ1) is 10.9. The molecule has 1 aromatic carbocycles. The summed E-state index contributed by atoms with van der Waals surface area (Å²) in [5.74, 6) is -0.540. The van der Waals surface area contributed by atoms with Crippen LogP contribution in [0, 0.1) is 11.7 Å². The molecule has 0 saturated carbocycles. The molecular formula is C15H21FN2O4S. The Balaban J connectivity index is 1.69. The fraction of sp³-hybridized carbons (Fsp3) is 0.533. The van der Waals surface area contributed by atoms with Gasteiger partial charge in [0.1, 0.15) is 0 Å². The molecule has 1 saturated heterocycles. The van der Waals surface area contributed by atoms with E-state index in [2.05, 4.69) is 5.32 Å². The number of benzene rings is 1. The molecule has 6 nitrogen and oxygen atoms in total. The molecule has 0 radical (unpaired) electrons. The molecule has 1 aliphatic rings. The highest BCUT2D eigenvalue weighted by atomic mass is 32.2. The van der Waals surface area contributed by atoms with Crippen molar-refractivity contribution >= 4 is 15.9 Å². The van der Waals surface area contributed by atoms with Crippen molar-refractivity contribution in [2.45, 2.75) is 12.8 Å². The number of carbonyl (C=O) groups excluding carboxylic acids is 1. The van der Waals surface area contributed by atoms with Crippen LogP contribution in [0.1, 0.15) is 12.8 Å². The minimum absolute atomic E-state index is 0.0455. The molecule has 0 unspecified atom stereocenters. The van der Waals surface area contributed by atoms with Gasteiger partial charge in [0, 0.05) is 19.6 Å². The van der Waals surface area contributed by atoms with Crippen LogP contribution < -0.4 is 10.1 Å². The molecule has 128 valence electrons. The number of hydrogen-bond donors (Lipinski definition) is 1. The van der Waals surface area contributed by atoms with Gasteiger partial charge in [-0.2, -0.15) is 0 Å². The second-order valence-electron chi connectivity index (χ2n) is 5.63. The smallest absolute Gasteiger partial charge is 0.257 e. The van der Waals surface area contributed by atoms with Crippen LogP contribution in [0.15, 0.2) is 24.3 Å². The van der Waals surface area contributed by atoms with Gasteiger partial charge in [0.25, 0.3) is 5.91 Å². The predicted molar refractivity (Wildman–Crippen MR) is 84.0 cm³/mol. The molecule has 1 aromatic rings. The van der Waals surface area contributed by atoms with Gasteiger partial charge in [0.05, 0.1) is 6.26 Å². The molecular weight excluding hydrogens is 323 g/mol. The molecule has 1 amide bonds. The number of para-hydroxylation sites is 1. The van der Waals surface area contributed by atoms with Crippen molar-refractivity contribution in [3.8, 4) is 5.75 Å². The maximum Gasteiger partial charge on any atom is 0.257 e. The van der Waals surface area contributed by atoms with Crippen LogP contribution in [0.5, 0.6) is 5.75 Å². The van der Waals surface area contributed by atoms with E-state index in [4.69, 9.17) is 4.74 Å². The Morgan fingerprint density at radius 2 is 2.00 bits per heavy atom. The Hall–Kier alpha value is -1.67. The number of ether oxygens (including phenoxy) is 1. The number of carbonyl (C=O) groups is 1. The van der Waals surface area contributed by atoms with Crippen molar-refractivity contribution in [2.24, 2.45) is 5.92 Å². The quantitative estimate of drug-likeness (QED) is 0.835. The average molecular weight is 344 g/mol. The van der Waals surface area contributed by atoms with Crippen molar-refractivity contribution in [3.63, 3.8) is 0 Å². The first-order valence-corrected chi connectivity index (χ1v) is 9.30. The summed E-state index contributed by atoms with van der Waals surface area (Å²) >= 11 is 0. The monoisotopic (exact) mass is 344 g/mol. The lowest BCUT2D eigenvalue weighted by molar-refractivity contribution is -0.123. The highest BCUT2D eigenvalue weighted by molar-refractivity contribution is 7.88. The van der Waals surface area contributed by atoms with Crippen LogP contribution >= 0.6 is 0 Å². The normalized spacial score (nSPS) is 17.0. The van der Waals surface area contributed by atoms with E-state index in [1.807, 2.05) is 0 Å². The number of amides is 1. The van der Waals surface area contributed by atoms with Crippen molar-refractivity contribution in [1.82, 2.24) is 9.62 Å². The van der Waals surface area contributed by atoms with Gasteiger partial charge >= 0.3 is 0 Å². The van der Waals surface area contributed by atoms with Gasteiger partial charge in [-0.05, 0) is 30.9 Å². The molecule has 0 bridgehead atoms. The SMILES string of the molecule is CS(=O)(=O)N1CCC(CNC(=O)COc2ccccc2F)CC1. The summed E-state index contributed by atoms with van der Waals surface area (Å²) in [5, 5.41) is 2.74. The van der Waals surface area contributed by atoms with Crippen molar-refractivity contribution in [3.05, 3.63) is 30.1 Å². The molecule has 1 heterocycles. The van der Waals surface area contributed by atoms with Crippen LogP contribution in [0.25, 0.3) is 0 Å². The lowest BCUT2D eigenvalue weighted by Gasteiger charge is -2.30. The van der Waals surface area contributed by atoms with Gasteiger partial charge in [0.15, 0.2) is 18.2 Å². The number of halogens is 1. The Morgan fingerprint density at radius 1 is 1.35 bits per heavy atom. The molecule has 1 aliphatic heterocycles. The fourth-order valence-electron chi connectivity index (χ4n) is 2.46. The van der Waals surface area contributed by atoms with Crippen LogP contribution in [-0.2, 0) is 14.8 Å². The molecule has 0 atom stereocenters. The third-order valence-electron chi connectivity index (χ3n) is 3.83. The van der Waals surface area contributed by atoms with Gasteiger partial charge in [0.2, 0.25) is 10.0 Å². The molecule has 23 heavy (non-hydrogen) atoms. The van der Waals surface area contributed by atoms with Gasteiger partial charge in [-0.25, -0.2) is 17.1 Å². The van der Waals surface area contributed by atoms with Crippen LogP contribution in [-0.4, -0.2) is 51.1 Å². The number of hydrogen-bond acceptors (Lipinski definition) is 4. The summed E-state index contributed by atoms with van der Waals surface area (Å²) in [6, 6.07) is 5.91. The fourth-order valence-corrected chi connectivity index (χ4v) is 3.33. The summed E-state index contributed by atoms with van der Waals surface area (Å²) in [6.07, 6.45) is 2.62. The molecule has 2 rings (SSSR count). The largest absolute Gasteiger partial charge is 0.481 e. The highest BCUT2D eigenvalue weighted by Gasteiger charge is 2.25. The standard InChI is InChI=1S/C15H21FN2O4S/c1-23(20,21)18-8-6-12(7-9-18)10-17-15(19)11-22-14-5-3-2-4-13(14)16/h2-5,12H,6-11H2,1H3,(H,17,19). The van der Waals surface area contributed by atoms with Crippen LogP contribution in [0.4, 0.5) is 4.39 Å². The third-order valence-corrected chi connectivity index (χ3v) is 5.13. The van der Waals surface area contributed by atoms with E-state index in [1.54, 1.807) is 12.1 Å². The topological polar surface area (TPSA) is 75.7 Å². The maximum atomic E-state index is 13.3. The van der Waals surface area contributed by atoms with Crippen LogP contribution in [0.2, 0.25) is 0 Å². The minimum atomic E-state index is -3.13. The second-order valence-corrected chi connectivity index (χ2v) is 7.61. The Bertz CT molecular complexity index is 643. The second kappa shape index (κ2) is 7.74. The molecule has 0 aromatic heterocycles. The van der Waals surface area contributed by atoms with E-state index in [0.717, 1.165) is 0 Å². The van der Waals surface area contributed by atoms with Crippen molar-refractivity contribution in [1.29, 1.82) is 0 Å². The average Bonchev–Trinajstić information content (AvgIpc) is 2.51. The molecule has 8 heteroatoms. The Kier molecular flexibility index (Phi) is 5.95. The van der Waals surface area contributed by atoms with E-state index < -0.39 is 15.8 Å². The van der Waals surface area contributed by atoms with Crippen molar-refractivity contribution < 1.29 is 22.3 Å². The summed E-state index contributed by atoms with van der Waals surface area (Å²) < 4.78 is 42.7. The van der Waals surface area contributed by atoms with Gasteiger partial charge in [-0.3, -0.25) is 4.79 Å². The predicted octanol–water partition coefficient (Wildman–Crippen LogP) is 0.992. The summed E-state index contributed by atoms with van der Waals surface area (Å²) in [6.45, 7) is 1.18. The number of sulfonamides is 1. The van der Waals surface area contributed by atoms with Gasteiger partial charge in [-0.1, -0.05) is 12.1 Å².